The summed E-state index contributed by atoms with van der Waals surface area (Å²) in [5, 5.41) is 11.0. The van der Waals surface area contributed by atoms with Crippen molar-refractivity contribution in [2.45, 2.75) is 13.3 Å². The summed E-state index contributed by atoms with van der Waals surface area (Å²) < 4.78 is 0.766. The number of halogens is 1. The molecule has 0 aromatic heterocycles. The fraction of sp³-hybridized carbons (Fsp3) is 0.273. The molecule has 0 heterocycles. The number of aryl methyl sites for hydroxylation is 1. The quantitative estimate of drug-likeness (QED) is 0.855. The molecule has 0 atom stereocenters. The number of amides is 1. The molecule has 0 saturated heterocycles. The van der Waals surface area contributed by atoms with Crippen molar-refractivity contribution in [3.63, 3.8) is 0 Å². The summed E-state index contributed by atoms with van der Waals surface area (Å²) >= 11 is 3.31. The van der Waals surface area contributed by atoms with E-state index in [1.807, 2.05) is 31.2 Å². The lowest BCUT2D eigenvalue weighted by Gasteiger charge is -2.05. The largest absolute Gasteiger partial charge is 0.351 e. The highest BCUT2D eigenvalue weighted by atomic mass is 79.9. The molecule has 0 fully saturated rings. The topological polar surface area (TPSA) is 52.9 Å². The summed E-state index contributed by atoms with van der Waals surface area (Å²) in [5.41, 5.74) is 1.64. The van der Waals surface area contributed by atoms with Gasteiger partial charge in [0.2, 0.25) is 0 Å². The van der Waals surface area contributed by atoms with Crippen molar-refractivity contribution >= 4 is 21.8 Å². The maximum absolute atomic E-state index is 11.6. The molecule has 1 N–H and O–H groups in total. The van der Waals surface area contributed by atoms with E-state index in [-0.39, 0.29) is 5.91 Å². The van der Waals surface area contributed by atoms with Gasteiger partial charge in [0.25, 0.3) is 5.91 Å². The van der Waals surface area contributed by atoms with Gasteiger partial charge in [-0.1, -0.05) is 11.6 Å². The fourth-order valence-electron chi connectivity index (χ4n) is 1.14. The second-order valence-corrected chi connectivity index (χ2v) is 4.00. The minimum Gasteiger partial charge on any atom is -0.351 e. The van der Waals surface area contributed by atoms with Gasteiger partial charge in [-0.3, -0.25) is 4.79 Å². The van der Waals surface area contributed by atoms with Crippen LogP contribution in [0.15, 0.2) is 22.7 Å². The van der Waals surface area contributed by atoms with Crippen molar-refractivity contribution < 1.29 is 4.79 Å². The van der Waals surface area contributed by atoms with Gasteiger partial charge in [-0.2, -0.15) is 5.26 Å². The third-order valence-corrected chi connectivity index (χ3v) is 2.58. The van der Waals surface area contributed by atoms with Crippen LogP contribution in [-0.2, 0) is 0 Å². The summed E-state index contributed by atoms with van der Waals surface area (Å²) in [7, 11) is 0. The van der Waals surface area contributed by atoms with Crippen LogP contribution in [0.3, 0.4) is 0 Å². The van der Waals surface area contributed by atoms with Crippen molar-refractivity contribution in [2.24, 2.45) is 0 Å². The molecular weight excluding hydrogens is 256 g/mol. The van der Waals surface area contributed by atoms with E-state index in [0.29, 0.717) is 18.5 Å². The molecule has 15 heavy (non-hydrogen) atoms. The van der Waals surface area contributed by atoms with Crippen LogP contribution in [0.5, 0.6) is 0 Å². The minimum atomic E-state index is -0.152. The number of hydrogen-bond acceptors (Lipinski definition) is 2. The molecule has 0 bridgehead atoms. The molecule has 0 aliphatic rings. The van der Waals surface area contributed by atoms with Gasteiger partial charge >= 0.3 is 0 Å². The van der Waals surface area contributed by atoms with Crippen LogP contribution in [0.2, 0.25) is 0 Å². The SMILES string of the molecule is Cc1ccc(Br)c(C(=O)NCCC#N)c1. The van der Waals surface area contributed by atoms with Crippen molar-refractivity contribution in [3.8, 4) is 6.07 Å². The number of nitrogens with zero attached hydrogens (tertiary/aromatic N) is 1. The molecule has 4 heteroatoms. The van der Waals surface area contributed by atoms with E-state index in [1.54, 1.807) is 0 Å². The van der Waals surface area contributed by atoms with Gasteiger partial charge in [-0.05, 0) is 35.0 Å². The Labute approximate surface area is 97.2 Å². The van der Waals surface area contributed by atoms with Crippen LogP contribution in [0.25, 0.3) is 0 Å². The zero-order chi connectivity index (χ0) is 11.3. The van der Waals surface area contributed by atoms with Crippen LogP contribution in [0.4, 0.5) is 0 Å². The van der Waals surface area contributed by atoms with Crippen molar-refractivity contribution in [3.05, 3.63) is 33.8 Å². The van der Waals surface area contributed by atoms with E-state index < -0.39 is 0 Å². The molecule has 3 nitrogen and oxygen atoms in total. The Morgan fingerprint density at radius 1 is 1.60 bits per heavy atom. The van der Waals surface area contributed by atoms with E-state index in [9.17, 15) is 4.79 Å². The van der Waals surface area contributed by atoms with E-state index >= 15 is 0 Å². The zero-order valence-corrected chi connectivity index (χ0v) is 9.97. The fourth-order valence-corrected chi connectivity index (χ4v) is 1.57. The van der Waals surface area contributed by atoms with E-state index in [1.165, 1.54) is 0 Å². The molecule has 0 radical (unpaired) electrons. The van der Waals surface area contributed by atoms with Crippen molar-refractivity contribution in [2.75, 3.05) is 6.54 Å². The number of rotatable bonds is 3. The third kappa shape index (κ3) is 3.37. The summed E-state index contributed by atoms with van der Waals surface area (Å²) in [5.74, 6) is -0.152. The first-order chi connectivity index (χ1) is 7.15. The zero-order valence-electron chi connectivity index (χ0n) is 8.38. The second-order valence-electron chi connectivity index (χ2n) is 3.15. The standard InChI is InChI=1S/C11H11BrN2O/c1-8-3-4-10(12)9(7-8)11(15)14-6-2-5-13/h3-4,7H,2,6H2,1H3,(H,14,15). The Morgan fingerprint density at radius 3 is 3.00 bits per heavy atom. The Bertz CT molecular complexity index is 410. The Morgan fingerprint density at radius 2 is 2.33 bits per heavy atom. The normalized spacial score (nSPS) is 9.40. The van der Waals surface area contributed by atoms with Crippen LogP contribution >= 0.6 is 15.9 Å². The first-order valence-electron chi connectivity index (χ1n) is 4.56. The number of hydrogen-bond donors (Lipinski definition) is 1. The van der Waals surface area contributed by atoms with Gasteiger partial charge in [0, 0.05) is 11.0 Å². The predicted octanol–water partition coefficient (Wildman–Crippen LogP) is 2.40. The van der Waals surface area contributed by atoms with Crippen molar-refractivity contribution in [1.29, 1.82) is 5.26 Å². The average Bonchev–Trinajstić information content (AvgIpc) is 2.22. The number of benzene rings is 1. The first kappa shape index (κ1) is 11.7. The molecule has 0 saturated carbocycles. The van der Waals surface area contributed by atoms with E-state index in [0.717, 1.165) is 10.0 Å². The van der Waals surface area contributed by atoms with E-state index in [4.69, 9.17) is 5.26 Å². The lowest BCUT2D eigenvalue weighted by atomic mass is 10.1. The Kier molecular flexibility index (Phi) is 4.32. The van der Waals surface area contributed by atoms with Gasteiger partial charge in [0.15, 0.2) is 0 Å². The van der Waals surface area contributed by atoms with Crippen LogP contribution in [0.1, 0.15) is 22.3 Å². The Balaban J connectivity index is 2.73. The molecule has 0 aliphatic heterocycles. The smallest absolute Gasteiger partial charge is 0.252 e. The number of carbonyl (C=O) groups is 1. The van der Waals surface area contributed by atoms with Gasteiger partial charge in [-0.25, -0.2) is 0 Å². The van der Waals surface area contributed by atoms with Gasteiger partial charge in [0.05, 0.1) is 18.1 Å². The number of nitriles is 1. The maximum Gasteiger partial charge on any atom is 0.252 e. The summed E-state index contributed by atoms with van der Waals surface area (Å²) in [6.45, 7) is 2.31. The third-order valence-electron chi connectivity index (χ3n) is 1.89. The van der Waals surface area contributed by atoms with Crippen LogP contribution < -0.4 is 5.32 Å². The molecule has 0 spiro atoms. The molecule has 0 aliphatic carbocycles. The highest BCUT2D eigenvalue weighted by molar-refractivity contribution is 9.10. The monoisotopic (exact) mass is 266 g/mol. The molecule has 1 aromatic rings. The van der Waals surface area contributed by atoms with Crippen LogP contribution in [-0.4, -0.2) is 12.5 Å². The van der Waals surface area contributed by atoms with Gasteiger partial charge in [-0.15, -0.1) is 0 Å². The second kappa shape index (κ2) is 5.52. The van der Waals surface area contributed by atoms with Gasteiger partial charge < -0.3 is 5.32 Å². The molecule has 0 unspecified atom stereocenters. The van der Waals surface area contributed by atoms with Gasteiger partial charge in [0.1, 0.15) is 0 Å². The highest BCUT2D eigenvalue weighted by Gasteiger charge is 2.08. The molecule has 1 rings (SSSR count). The maximum atomic E-state index is 11.6. The highest BCUT2D eigenvalue weighted by Crippen LogP contribution is 2.17. The minimum absolute atomic E-state index is 0.152. The van der Waals surface area contributed by atoms with Crippen molar-refractivity contribution in [1.82, 2.24) is 5.32 Å². The van der Waals surface area contributed by atoms with E-state index in [2.05, 4.69) is 21.2 Å². The predicted molar refractivity (Wildman–Crippen MR) is 61.4 cm³/mol. The summed E-state index contributed by atoms with van der Waals surface area (Å²) in [6, 6.07) is 7.55. The number of nitrogens with one attached hydrogen (secondary N) is 1. The average molecular weight is 267 g/mol. The lowest BCUT2D eigenvalue weighted by Crippen LogP contribution is -2.24. The Hall–Kier alpha value is -1.34. The summed E-state index contributed by atoms with van der Waals surface area (Å²) in [6.07, 6.45) is 0.329. The molecule has 78 valence electrons. The molecule has 1 aromatic carbocycles. The number of carbonyl (C=O) groups excluding carboxylic acids is 1. The molecule has 1 amide bonds. The van der Waals surface area contributed by atoms with Crippen LogP contribution in [0, 0.1) is 18.3 Å². The summed E-state index contributed by atoms with van der Waals surface area (Å²) in [4.78, 5) is 11.6. The first-order valence-corrected chi connectivity index (χ1v) is 5.35. The lowest BCUT2D eigenvalue weighted by molar-refractivity contribution is 0.0953. The molecular formula is C11H11BrN2O.